The highest BCUT2D eigenvalue weighted by Crippen LogP contribution is 2.25. The van der Waals surface area contributed by atoms with Gasteiger partial charge in [0.25, 0.3) is 0 Å². The zero-order valence-corrected chi connectivity index (χ0v) is 13.7. The Morgan fingerprint density at radius 3 is 2.67 bits per heavy atom. The first-order valence-corrected chi connectivity index (χ1v) is 8.05. The summed E-state index contributed by atoms with van der Waals surface area (Å²) in [6, 6.07) is 7.53. The number of carbonyl (C=O) groups excluding carboxylic acids is 1. The third-order valence-electron chi connectivity index (χ3n) is 3.11. The Morgan fingerprint density at radius 2 is 2.05 bits per heavy atom. The maximum Gasteiger partial charge on any atom is 0.248 e. The molecule has 2 aromatic rings. The Hall–Kier alpha value is -1.65. The number of halogens is 1. The van der Waals surface area contributed by atoms with E-state index in [1.165, 1.54) is 11.3 Å². The standard InChI is InChI=1S/C16H17ClN2OS/c1-4-11(3)14-10-21-16(18-15(20)5-2)19(14)13-9-7-6-8-12(13)17/h6-10H,3-5H2,1-2H3/b18-16-. The largest absolute Gasteiger partial charge is 0.284 e. The number of hydrogen-bond acceptors (Lipinski definition) is 2. The predicted octanol–water partition coefficient (Wildman–Crippen LogP) is 4.45. The van der Waals surface area contributed by atoms with Crippen molar-refractivity contribution in [3.8, 4) is 5.69 Å². The molecule has 0 N–H and O–H groups in total. The van der Waals surface area contributed by atoms with Crippen LogP contribution < -0.4 is 4.80 Å². The molecule has 0 aliphatic carbocycles. The third kappa shape index (κ3) is 3.34. The first-order chi connectivity index (χ1) is 10.1. The van der Waals surface area contributed by atoms with Crippen molar-refractivity contribution >= 4 is 34.4 Å². The van der Waals surface area contributed by atoms with Crippen LogP contribution in [0.1, 0.15) is 32.4 Å². The average molecular weight is 321 g/mol. The first-order valence-electron chi connectivity index (χ1n) is 6.79. The number of nitrogens with zero attached hydrogens (tertiary/aromatic N) is 2. The summed E-state index contributed by atoms with van der Waals surface area (Å²) < 4.78 is 1.91. The van der Waals surface area contributed by atoms with E-state index >= 15 is 0 Å². The van der Waals surface area contributed by atoms with Crippen LogP contribution >= 0.6 is 22.9 Å². The number of carbonyl (C=O) groups is 1. The van der Waals surface area contributed by atoms with Crippen LogP contribution in [-0.2, 0) is 4.79 Å². The molecule has 0 atom stereocenters. The fraction of sp³-hybridized carbons (Fsp3) is 0.250. The molecule has 1 amide bonds. The van der Waals surface area contributed by atoms with Gasteiger partial charge in [0.15, 0.2) is 4.80 Å². The van der Waals surface area contributed by atoms with Crippen LogP contribution in [0, 0.1) is 0 Å². The Morgan fingerprint density at radius 1 is 1.33 bits per heavy atom. The number of aromatic nitrogens is 1. The van der Waals surface area contributed by atoms with Gasteiger partial charge in [-0.05, 0) is 24.1 Å². The van der Waals surface area contributed by atoms with E-state index in [1.807, 2.05) is 41.1 Å². The normalized spacial score (nSPS) is 11.7. The highest BCUT2D eigenvalue weighted by molar-refractivity contribution is 7.07. The fourth-order valence-corrected chi connectivity index (χ4v) is 3.03. The fourth-order valence-electron chi connectivity index (χ4n) is 1.87. The molecule has 3 nitrogen and oxygen atoms in total. The van der Waals surface area contributed by atoms with E-state index < -0.39 is 0 Å². The predicted molar refractivity (Wildman–Crippen MR) is 88.8 cm³/mol. The van der Waals surface area contributed by atoms with Gasteiger partial charge < -0.3 is 0 Å². The Labute approximate surface area is 133 Å². The molecule has 5 heteroatoms. The maximum absolute atomic E-state index is 11.7. The van der Waals surface area contributed by atoms with E-state index in [2.05, 4.69) is 11.6 Å². The maximum atomic E-state index is 11.7. The lowest BCUT2D eigenvalue weighted by atomic mass is 10.2. The monoisotopic (exact) mass is 320 g/mol. The summed E-state index contributed by atoms with van der Waals surface area (Å²) in [5, 5.41) is 2.59. The number of amides is 1. The molecule has 110 valence electrons. The number of benzene rings is 1. The van der Waals surface area contributed by atoms with Crippen molar-refractivity contribution in [2.75, 3.05) is 0 Å². The summed E-state index contributed by atoms with van der Waals surface area (Å²) in [7, 11) is 0. The van der Waals surface area contributed by atoms with Gasteiger partial charge in [0, 0.05) is 11.8 Å². The Kier molecular flexibility index (Phi) is 5.15. The van der Waals surface area contributed by atoms with Crippen molar-refractivity contribution in [1.29, 1.82) is 0 Å². The van der Waals surface area contributed by atoms with Crippen molar-refractivity contribution in [3.05, 3.63) is 51.7 Å². The van der Waals surface area contributed by atoms with Crippen molar-refractivity contribution in [2.24, 2.45) is 4.99 Å². The van der Waals surface area contributed by atoms with E-state index in [0.717, 1.165) is 23.4 Å². The minimum Gasteiger partial charge on any atom is -0.284 e. The number of rotatable bonds is 4. The second-order valence-corrected chi connectivity index (χ2v) is 5.75. The van der Waals surface area contributed by atoms with Gasteiger partial charge >= 0.3 is 0 Å². The van der Waals surface area contributed by atoms with Gasteiger partial charge in [0.2, 0.25) is 5.91 Å². The molecule has 0 aliphatic rings. The van der Waals surface area contributed by atoms with Crippen molar-refractivity contribution in [2.45, 2.75) is 26.7 Å². The number of allylic oxidation sites excluding steroid dienone is 1. The highest BCUT2D eigenvalue weighted by atomic mass is 35.5. The highest BCUT2D eigenvalue weighted by Gasteiger charge is 2.12. The number of hydrogen-bond donors (Lipinski definition) is 0. The van der Waals surface area contributed by atoms with Crippen LogP contribution in [-0.4, -0.2) is 10.5 Å². The molecule has 0 spiro atoms. The van der Waals surface area contributed by atoms with Crippen molar-refractivity contribution in [3.63, 3.8) is 0 Å². The molecule has 0 bridgehead atoms. The summed E-state index contributed by atoms with van der Waals surface area (Å²) in [5.41, 5.74) is 2.74. The molecule has 2 rings (SSSR count). The quantitative estimate of drug-likeness (QED) is 0.819. The molecular weight excluding hydrogens is 304 g/mol. The minimum absolute atomic E-state index is 0.147. The lowest BCUT2D eigenvalue weighted by molar-refractivity contribution is -0.117. The lowest BCUT2D eigenvalue weighted by Gasteiger charge is -2.11. The van der Waals surface area contributed by atoms with Crippen LogP contribution in [0.4, 0.5) is 0 Å². The number of para-hydroxylation sites is 1. The Bertz CT molecular complexity index is 743. The van der Waals surface area contributed by atoms with Crippen LogP contribution in [0.25, 0.3) is 11.3 Å². The van der Waals surface area contributed by atoms with Gasteiger partial charge in [-0.25, -0.2) is 0 Å². The molecule has 0 radical (unpaired) electrons. The van der Waals surface area contributed by atoms with Crippen LogP contribution in [0.3, 0.4) is 0 Å². The van der Waals surface area contributed by atoms with Gasteiger partial charge in [-0.2, -0.15) is 4.99 Å². The SMILES string of the molecule is C=C(CC)c1cs/c(=N\C(=O)CC)n1-c1ccccc1Cl. The van der Waals surface area contributed by atoms with E-state index in [4.69, 9.17) is 11.6 Å². The van der Waals surface area contributed by atoms with Gasteiger partial charge in [-0.15, -0.1) is 11.3 Å². The molecular formula is C16H17ClN2OS. The molecule has 21 heavy (non-hydrogen) atoms. The molecule has 0 saturated heterocycles. The summed E-state index contributed by atoms with van der Waals surface area (Å²) in [5.74, 6) is -0.147. The summed E-state index contributed by atoms with van der Waals surface area (Å²) in [6.45, 7) is 7.93. The van der Waals surface area contributed by atoms with E-state index in [1.54, 1.807) is 6.92 Å². The van der Waals surface area contributed by atoms with Crippen molar-refractivity contribution in [1.82, 2.24) is 4.57 Å². The van der Waals surface area contributed by atoms with Gasteiger partial charge in [0.05, 0.1) is 16.4 Å². The van der Waals surface area contributed by atoms with Gasteiger partial charge in [-0.1, -0.05) is 44.2 Å². The molecule has 1 heterocycles. The van der Waals surface area contributed by atoms with Gasteiger partial charge in [0.1, 0.15) is 0 Å². The minimum atomic E-state index is -0.147. The average Bonchev–Trinajstić information content (AvgIpc) is 2.90. The summed E-state index contributed by atoms with van der Waals surface area (Å²) in [4.78, 5) is 16.5. The van der Waals surface area contributed by atoms with E-state index in [9.17, 15) is 4.79 Å². The molecule has 0 aliphatic heterocycles. The Balaban J connectivity index is 2.74. The summed E-state index contributed by atoms with van der Waals surface area (Å²) in [6.07, 6.45) is 1.20. The van der Waals surface area contributed by atoms with Gasteiger partial charge in [-0.3, -0.25) is 9.36 Å². The summed E-state index contributed by atoms with van der Waals surface area (Å²) >= 11 is 7.73. The van der Waals surface area contributed by atoms with Crippen LogP contribution in [0.2, 0.25) is 5.02 Å². The van der Waals surface area contributed by atoms with E-state index in [-0.39, 0.29) is 5.91 Å². The third-order valence-corrected chi connectivity index (χ3v) is 4.26. The zero-order chi connectivity index (χ0) is 15.4. The lowest BCUT2D eigenvalue weighted by Crippen LogP contribution is -2.17. The van der Waals surface area contributed by atoms with Crippen molar-refractivity contribution < 1.29 is 4.79 Å². The second kappa shape index (κ2) is 6.87. The topological polar surface area (TPSA) is 34.4 Å². The smallest absolute Gasteiger partial charge is 0.248 e. The number of thiazole rings is 1. The van der Waals surface area contributed by atoms with Crippen LogP contribution in [0.15, 0.2) is 41.2 Å². The molecule has 0 saturated carbocycles. The molecule has 1 aromatic heterocycles. The van der Waals surface area contributed by atoms with Crippen LogP contribution in [0.5, 0.6) is 0 Å². The molecule has 0 fully saturated rings. The second-order valence-electron chi connectivity index (χ2n) is 4.51. The molecule has 1 aromatic carbocycles. The first kappa shape index (κ1) is 15.7. The zero-order valence-electron chi connectivity index (χ0n) is 12.1. The molecule has 0 unspecified atom stereocenters. The van der Waals surface area contributed by atoms with E-state index in [0.29, 0.717) is 16.2 Å².